The number of rotatable bonds is 3. The fraction of sp³-hybridized carbons (Fsp3) is 0.556. The van der Waals surface area contributed by atoms with Gasteiger partial charge in [-0.2, -0.15) is 4.31 Å². The Morgan fingerprint density at radius 1 is 1.08 bits per heavy atom. The molecular formula is C18H23BrN4O2S. The van der Waals surface area contributed by atoms with Gasteiger partial charge in [-0.15, -0.1) is 10.2 Å². The zero-order valence-corrected chi connectivity index (χ0v) is 17.0. The Morgan fingerprint density at radius 2 is 1.96 bits per heavy atom. The molecule has 1 unspecified atom stereocenters. The molecule has 1 aromatic heterocycles. The van der Waals surface area contributed by atoms with Gasteiger partial charge in [-0.25, -0.2) is 8.42 Å². The highest BCUT2D eigenvalue weighted by molar-refractivity contribution is 9.10. The molecule has 0 aliphatic carbocycles. The van der Waals surface area contributed by atoms with Gasteiger partial charge in [0.15, 0.2) is 0 Å². The van der Waals surface area contributed by atoms with Crippen LogP contribution in [-0.2, 0) is 23.0 Å². The van der Waals surface area contributed by atoms with Gasteiger partial charge in [0, 0.05) is 36.4 Å². The molecule has 0 amide bonds. The second-order valence-corrected chi connectivity index (χ2v) is 9.95. The summed E-state index contributed by atoms with van der Waals surface area (Å²) in [5.41, 5.74) is 0. The highest BCUT2D eigenvalue weighted by atomic mass is 79.9. The lowest BCUT2D eigenvalue weighted by atomic mass is 9.99. The van der Waals surface area contributed by atoms with Crippen LogP contribution in [-0.4, -0.2) is 40.6 Å². The monoisotopic (exact) mass is 438 g/mol. The predicted octanol–water partition coefficient (Wildman–Crippen LogP) is 3.34. The molecule has 0 saturated carbocycles. The lowest BCUT2D eigenvalue weighted by molar-refractivity contribution is 0.304. The third-order valence-corrected chi connectivity index (χ3v) is 7.68. The molecule has 140 valence electrons. The van der Waals surface area contributed by atoms with Crippen LogP contribution in [0.4, 0.5) is 0 Å². The number of fused-ring (bicyclic) bond motifs is 1. The standard InChI is InChI=1S/C18H23BrN4O2S/c19-15-7-4-8-16(12-15)26(24,25)22-10-5-6-14(13-22)18-21-20-17-9-2-1-3-11-23(17)18/h4,7-8,12,14H,1-3,5-6,9-11,13H2. The summed E-state index contributed by atoms with van der Waals surface area (Å²) in [7, 11) is -3.49. The molecule has 2 aromatic rings. The number of aryl methyl sites for hydroxylation is 1. The van der Waals surface area contributed by atoms with E-state index in [2.05, 4.69) is 30.7 Å². The van der Waals surface area contributed by atoms with E-state index in [0.29, 0.717) is 18.0 Å². The number of benzene rings is 1. The second kappa shape index (κ2) is 7.40. The minimum atomic E-state index is -3.49. The molecule has 26 heavy (non-hydrogen) atoms. The highest BCUT2D eigenvalue weighted by Crippen LogP contribution is 2.31. The van der Waals surface area contributed by atoms with Crippen molar-refractivity contribution in [3.8, 4) is 0 Å². The maximum atomic E-state index is 13.1. The minimum absolute atomic E-state index is 0.116. The Kier molecular flexibility index (Phi) is 5.16. The predicted molar refractivity (Wildman–Crippen MR) is 102 cm³/mol. The van der Waals surface area contributed by atoms with Crippen molar-refractivity contribution in [1.82, 2.24) is 19.1 Å². The van der Waals surface area contributed by atoms with Crippen molar-refractivity contribution in [1.29, 1.82) is 0 Å². The molecule has 0 N–H and O–H groups in total. The van der Waals surface area contributed by atoms with Crippen molar-refractivity contribution < 1.29 is 8.42 Å². The molecule has 6 nitrogen and oxygen atoms in total. The first-order valence-corrected chi connectivity index (χ1v) is 11.5. The van der Waals surface area contributed by atoms with Crippen LogP contribution >= 0.6 is 15.9 Å². The maximum absolute atomic E-state index is 13.1. The molecule has 3 heterocycles. The van der Waals surface area contributed by atoms with Gasteiger partial charge in [-0.1, -0.05) is 28.4 Å². The van der Waals surface area contributed by atoms with Crippen LogP contribution < -0.4 is 0 Å². The molecular weight excluding hydrogens is 416 g/mol. The van der Waals surface area contributed by atoms with E-state index >= 15 is 0 Å². The largest absolute Gasteiger partial charge is 0.315 e. The number of piperidine rings is 1. The average molecular weight is 439 g/mol. The van der Waals surface area contributed by atoms with Crippen molar-refractivity contribution in [2.45, 2.75) is 55.9 Å². The molecule has 2 aliphatic heterocycles. The first-order valence-electron chi connectivity index (χ1n) is 9.23. The fourth-order valence-corrected chi connectivity index (χ4v) is 6.08. The minimum Gasteiger partial charge on any atom is -0.315 e. The highest BCUT2D eigenvalue weighted by Gasteiger charge is 2.33. The molecule has 0 radical (unpaired) electrons. The van der Waals surface area contributed by atoms with E-state index in [1.54, 1.807) is 22.5 Å². The lowest BCUT2D eigenvalue weighted by Gasteiger charge is -2.31. The Morgan fingerprint density at radius 3 is 2.81 bits per heavy atom. The van der Waals surface area contributed by atoms with Crippen molar-refractivity contribution in [2.24, 2.45) is 0 Å². The number of halogens is 1. The van der Waals surface area contributed by atoms with Gasteiger partial charge >= 0.3 is 0 Å². The van der Waals surface area contributed by atoms with Crippen molar-refractivity contribution >= 4 is 26.0 Å². The molecule has 4 rings (SSSR count). The third-order valence-electron chi connectivity index (χ3n) is 5.32. The number of hydrogen-bond acceptors (Lipinski definition) is 4. The average Bonchev–Trinajstić information content (AvgIpc) is 2.90. The number of sulfonamides is 1. The van der Waals surface area contributed by atoms with Gasteiger partial charge in [0.1, 0.15) is 11.6 Å². The lowest BCUT2D eigenvalue weighted by Crippen LogP contribution is -2.39. The summed E-state index contributed by atoms with van der Waals surface area (Å²) in [5.74, 6) is 2.14. The van der Waals surface area contributed by atoms with Crippen LogP contribution in [0, 0.1) is 0 Å². The molecule has 1 aromatic carbocycles. The van der Waals surface area contributed by atoms with E-state index in [1.165, 1.54) is 6.42 Å². The van der Waals surface area contributed by atoms with Crippen LogP contribution in [0.2, 0.25) is 0 Å². The number of aromatic nitrogens is 3. The molecule has 1 fully saturated rings. The molecule has 8 heteroatoms. The molecule has 1 saturated heterocycles. The van der Waals surface area contributed by atoms with Gasteiger partial charge in [-0.3, -0.25) is 0 Å². The van der Waals surface area contributed by atoms with Crippen LogP contribution in [0.3, 0.4) is 0 Å². The van der Waals surface area contributed by atoms with Gasteiger partial charge in [0.25, 0.3) is 0 Å². The zero-order chi connectivity index (χ0) is 18.1. The van der Waals surface area contributed by atoms with Crippen LogP contribution in [0.5, 0.6) is 0 Å². The van der Waals surface area contributed by atoms with E-state index < -0.39 is 10.0 Å². The summed E-state index contributed by atoms with van der Waals surface area (Å²) < 4.78 is 30.7. The van der Waals surface area contributed by atoms with Crippen molar-refractivity contribution in [3.63, 3.8) is 0 Å². The number of hydrogen-bond donors (Lipinski definition) is 0. The summed E-state index contributed by atoms with van der Waals surface area (Å²) >= 11 is 3.37. The van der Waals surface area contributed by atoms with Crippen LogP contribution in [0.25, 0.3) is 0 Å². The van der Waals surface area contributed by atoms with Gasteiger partial charge < -0.3 is 4.57 Å². The van der Waals surface area contributed by atoms with E-state index in [-0.39, 0.29) is 5.92 Å². The molecule has 2 aliphatic rings. The summed E-state index contributed by atoms with van der Waals surface area (Å²) in [5, 5.41) is 8.84. The second-order valence-electron chi connectivity index (χ2n) is 7.10. The van der Waals surface area contributed by atoms with Gasteiger partial charge in [-0.05, 0) is 43.9 Å². The number of nitrogens with zero attached hydrogens (tertiary/aromatic N) is 4. The summed E-state index contributed by atoms with van der Waals surface area (Å²) in [6.45, 7) is 1.99. The SMILES string of the molecule is O=S(=O)(c1cccc(Br)c1)N1CCCC(c2nnc3n2CCCCC3)C1. The Bertz CT molecular complexity index is 896. The van der Waals surface area contributed by atoms with Crippen LogP contribution in [0.15, 0.2) is 33.6 Å². The molecule has 0 spiro atoms. The van der Waals surface area contributed by atoms with Crippen molar-refractivity contribution in [2.75, 3.05) is 13.1 Å². The first kappa shape index (κ1) is 18.1. The fourth-order valence-electron chi connectivity index (χ4n) is 3.96. The maximum Gasteiger partial charge on any atom is 0.243 e. The quantitative estimate of drug-likeness (QED) is 0.736. The normalized spacial score (nSPS) is 22.0. The van der Waals surface area contributed by atoms with Gasteiger partial charge in [0.05, 0.1) is 4.90 Å². The third kappa shape index (κ3) is 3.46. The van der Waals surface area contributed by atoms with E-state index in [1.807, 2.05) is 6.07 Å². The molecule has 0 bridgehead atoms. The summed E-state index contributed by atoms with van der Waals surface area (Å²) in [6.07, 6.45) is 6.30. The van der Waals surface area contributed by atoms with E-state index in [9.17, 15) is 8.42 Å². The van der Waals surface area contributed by atoms with Gasteiger partial charge in [0.2, 0.25) is 10.0 Å². The van der Waals surface area contributed by atoms with E-state index in [0.717, 1.165) is 54.8 Å². The van der Waals surface area contributed by atoms with Crippen LogP contribution in [0.1, 0.15) is 49.7 Å². The van der Waals surface area contributed by atoms with E-state index in [4.69, 9.17) is 0 Å². The smallest absolute Gasteiger partial charge is 0.243 e. The molecule has 1 atom stereocenters. The Labute approximate surface area is 162 Å². The first-order chi connectivity index (χ1) is 12.6. The zero-order valence-electron chi connectivity index (χ0n) is 14.6. The summed E-state index contributed by atoms with van der Waals surface area (Å²) in [6, 6.07) is 6.93. The Hall–Kier alpha value is -1.25. The Balaban J connectivity index is 1.59. The van der Waals surface area contributed by atoms with Crippen molar-refractivity contribution in [3.05, 3.63) is 40.4 Å². The summed E-state index contributed by atoms with van der Waals surface area (Å²) in [4.78, 5) is 0.340. The topological polar surface area (TPSA) is 68.1 Å².